The highest BCUT2D eigenvalue weighted by Gasteiger charge is 2.15. The van der Waals surface area contributed by atoms with Gasteiger partial charge in [0.15, 0.2) is 0 Å². The van der Waals surface area contributed by atoms with E-state index in [0.717, 1.165) is 27.2 Å². The molecule has 9 heteroatoms. The summed E-state index contributed by atoms with van der Waals surface area (Å²) in [6.45, 7) is 0.270. The van der Waals surface area contributed by atoms with Gasteiger partial charge >= 0.3 is 0 Å². The predicted octanol–water partition coefficient (Wildman–Crippen LogP) is 2.27. The molecule has 0 bridgehead atoms. The molecule has 0 saturated carbocycles. The molecular formula is C17H18N2O5S2. The van der Waals surface area contributed by atoms with Gasteiger partial charge in [-0.05, 0) is 31.3 Å². The number of nitrogens with one attached hydrogen (secondary N) is 2. The van der Waals surface area contributed by atoms with Crippen molar-refractivity contribution in [2.45, 2.75) is 17.2 Å². The monoisotopic (exact) mass is 394 g/mol. The van der Waals surface area contributed by atoms with E-state index in [4.69, 9.17) is 9.15 Å². The molecule has 1 aromatic carbocycles. The topological polar surface area (TPSA) is 97.6 Å². The Labute approximate surface area is 155 Å². The number of furan rings is 1. The van der Waals surface area contributed by atoms with E-state index in [1.165, 1.54) is 13.1 Å². The van der Waals surface area contributed by atoms with Crippen molar-refractivity contribution >= 4 is 38.2 Å². The lowest BCUT2D eigenvalue weighted by molar-refractivity contribution is -0.120. The molecule has 1 amide bonds. The van der Waals surface area contributed by atoms with Crippen molar-refractivity contribution in [3.63, 3.8) is 0 Å². The van der Waals surface area contributed by atoms with Gasteiger partial charge in [0.05, 0.1) is 26.3 Å². The van der Waals surface area contributed by atoms with Gasteiger partial charge in [0.2, 0.25) is 15.9 Å². The molecule has 26 heavy (non-hydrogen) atoms. The Hall–Kier alpha value is -2.36. The largest absolute Gasteiger partial charge is 0.497 e. The molecule has 0 radical (unpaired) electrons. The summed E-state index contributed by atoms with van der Waals surface area (Å²) in [6.07, 6.45) is 1.73. The molecule has 7 nitrogen and oxygen atoms in total. The zero-order valence-electron chi connectivity index (χ0n) is 14.2. The molecule has 0 spiro atoms. The zero-order valence-corrected chi connectivity index (χ0v) is 15.9. The summed E-state index contributed by atoms with van der Waals surface area (Å²) in [5, 5.41) is 3.66. The quantitative estimate of drug-likeness (QED) is 0.641. The molecule has 3 rings (SSSR count). The normalized spacial score (nSPS) is 11.6. The van der Waals surface area contributed by atoms with Crippen LogP contribution in [0.2, 0.25) is 0 Å². The van der Waals surface area contributed by atoms with Gasteiger partial charge in [0, 0.05) is 21.9 Å². The molecule has 0 atom stereocenters. The smallest absolute Gasteiger partial charge is 0.249 e. The van der Waals surface area contributed by atoms with Gasteiger partial charge in [-0.2, -0.15) is 0 Å². The maximum atomic E-state index is 12.2. The fourth-order valence-corrected chi connectivity index (χ4v) is 4.58. The first kappa shape index (κ1) is 18.4. The van der Waals surface area contributed by atoms with E-state index in [-0.39, 0.29) is 23.1 Å². The molecule has 0 aliphatic rings. The van der Waals surface area contributed by atoms with Crippen molar-refractivity contribution in [2.24, 2.45) is 0 Å². The van der Waals surface area contributed by atoms with Crippen molar-refractivity contribution in [3.8, 4) is 5.75 Å². The lowest BCUT2D eigenvalue weighted by atomic mass is 10.1. The fraction of sp³-hybridized carbons (Fsp3) is 0.235. The van der Waals surface area contributed by atoms with Gasteiger partial charge < -0.3 is 14.5 Å². The Morgan fingerprint density at radius 3 is 2.81 bits per heavy atom. The number of hydrogen-bond donors (Lipinski definition) is 2. The Morgan fingerprint density at radius 2 is 2.08 bits per heavy atom. The summed E-state index contributed by atoms with van der Waals surface area (Å²) >= 11 is 1.12. The molecule has 0 saturated heterocycles. The maximum absolute atomic E-state index is 12.2. The van der Waals surface area contributed by atoms with Gasteiger partial charge in [0.1, 0.15) is 15.5 Å². The predicted molar refractivity (Wildman–Crippen MR) is 98.9 cm³/mol. The third-order valence-electron chi connectivity index (χ3n) is 3.84. The molecule has 2 N–H and O–H groups in total. The van der Waals surface area contributed by atoms with Gasteiger partial charge in [0.25, 0.3) is 0 Å². The molecule has 0 aliphatic carbocycles. The van der Waals surface area contributed by atoms with Crippen LogP contribution >= 0.6 is 11.3 Å². The average Bonchev–Trinajstić information content (AvgIpc) is 3.27. The summed E-state index contributed by atoms with van der Waals surface area (Å²) in [6, 6.07) is 8.65. The number of ether oxygens (including phenoxy) is 1. The van der Waals surface area contributed by atoms with E-state index in [0.29, 0.717) is 11.3 Å². The van der Waals surface area contributed by atoms with E-state index in [9.17, 15) is 13.2 Å². The second-order valence-corrected chi connectivity index (χ2v) is 8.79. The Balaban J connectivity index is 1.63. The number of methoxy groups -OCH3 is 1. The second-order valence-electron chi connectivity index (χ2n) is 5.50. The number of fused-ring (bicyclic) bond motifs is 1. The summed E-state index contributed by atoms with van der Waals surface area (Å²) in [7, 11) is -0.512. The van der Waals surface area contributed by atoms with Crippen LogP contribution < -0.4 is 14.8 Å². The van der Waals surface area contributed by atoms with Crippen LogP contribution in [0.25, 0.3) is 11.0 Å². The molecule has 0 unspecified atom stereocenters. The number of rotatable bonds is 7. The van der Waals surface area contributed by atoms with E-state index >= 15 is 0 Å². The van der Waals surface area contributed by atoms with Crippen LogP contribution in [0.1, 0.15) is 10.4 Å². The number of hydrogen-bond acceptors (Lipinski definition) is 6. The van der Waals surface area contributed by atoms with Crippen LogP contribution in [0.15, 0.2) is 45.2 Å². The van der Waals surface area contributed by atoms with Crippen molar-refractivity contribution in [3.05, 3.63) is 47.0 Å². The van der Waals surface area contributed by atoms with E-state index in [1.807, 2.05) is 12.1 Å². The van der Waals surface area contributed by atoms with Gasteiger partial charge in [-0.15, -0.1) is 11.3 Å². The fourth-order valence-electron chi connectivity index (χ4n) is 2.45. The second kappa shape index (κ2) is 7.48. The lowest BCUT2D eigenvalue weighted by Gasteiger charge is -2.03. The van der Waals surface area contributed by atoms with Gasteiger partial charge in [-0.3, -0.25) is 4.79 Å². The van der Waals surface area contributed by atoms with Crippen LogP contribution in [0.3, 0.4) is 0 Å². The molecule has 2 heterocycles. The maximum Gasteiger partial charge on any atom is 0.249 e. The first-order chi connectivity index (χ1) is 12.4. The third-order valence-corrected chi connectivity index (χ3v) is 6.84. The molecule has 0 fully saturated rings. The van der Waals surface area contributed by atoms with Crippen LogP contribution in [-0.4, -0.2) is 28.5 Å². The zero-order chi connectivity index (χ0) is 18.7. The number of benzene rings is 1. The van der Waals surface area contributed by atoms with E-state index < -0.39 is 10.0 Å². The summed E-state index contributed by atoms with van der Waals surface area (Å²) in [4.78, 5) is 13.0. The standard InChI is InChI=1S/C17H18N2O5S2/c1-18-26(21,22)17-6-4-13(25-17)9-19-16(20)7-11-10-24-15-8-12(23-2)3-5-14(11)15/h3-6,8,10,18H,7,9H2,1-2H3,(H,19,20). The summed E-state index contributed by atoms with van der Waals surface area (Å²) in [5.74, 6) is 0.516. The number of thiophene rings is 1. The van der Waals surface area contributed by atoms with Crippen LogP contribution in [0.4, 0.5) is 0 Å². The number of carbonyl (C=O) groups is 1. The molecular weight excluding hydrogens is 376 g/mol. The first-order valence-corrected chi connectivity index (χ1v) is 10.1. The molecule has 0 aliphatic heterocycles. The van der Waals surface area contributed by atoms with Crippen LogP contribution in [0, 0.1) is 0 Å². The van der Waals surface area contributed by atoms with Crippen molar-refractivity contribution in [1.82, 2.24) is 10.0 Å². The van der Waals surface area contributed by atoms with Crippen molar-refractivity contribution in [2.75, 3.05) is 14.2 Å². The van der Waals surface area contributed by atoms with Crippen LogP contribution in [0.5, 0.6) is 5.75 Å². The molecule has 2 aromatic heterocycles. The number of carbonyl (C=O) groups excluding carboxylic acids is 1. The average molecular weight is 394 g/mol. The minimum atomic E-state index is -3.45. The minimum absolute atomic E-state index is 0.171. The third kappa shape index (κ3) is 3.90. The van der Waals surface area contributed by atoms with E-state index in [2.05, 4.69) is 10.0 Å². The minimum Gasteiger partial charge on any atom is -0.497 e. The van der Waals surface area contributed by atoms with E-state index in [1.54, 1.807) is 25.5 Å². The highest BCUT2D eigenvalue weighted by atomic mass is 32.2. The number of amides is 1. The molecule has 3 aromatic rings. The van der Waals surface area contributed by atoms with Gasteiger partial charge in [-0.25, -0.2) is 13.1 Å². The molecule has 138 valence electrons. The highest BCUT2D eigenvalue weighted by molar-refractivity contribution is 7.91. The van der Waals surface area contributed by atoms with Gasteiger partial charge in [-0.1, -0.05) is 0 Å². The Morgan fingerprint density at radius 1 is 1.27 bits per heavy atom. The first-order valence-electron chi connectivity index (χ1n) is 7.76. The number of sulfonamides is 1. The summed E-state index contributed by atoms with van der Waals surface area (Å²) in [5.41, 5.74) is 1.44. The lowest BCUT2D eigenvalue weighted by Crippen LogP contribution is -2.24. The highest BCUT2D eigenvalue weighted by Crippen LogP contribution is 2.26. The van der Waals surface area contributed by atoms with Crippen molar-refractivity contribution < 1.29 is 22.4 Å². The Kier molecular flexibility index (Phi) is 5.30. The summed E-state index contributed by atoms with van der Waals surface area (Å²) < 4.78 is 36.6. The Bertz CT molecular complexity index is 1040. The van der Waals surface area contributed by atoms with Crippen LogP contribution in [-0.2, 0) is 27.8 Å². The van der Waals surface area contributed by atoms with Crippen molar-refractivity contribution in [1.29, 1.82) is 0 Å². The SMILES string of the molecule is CNS(=O)(=O)c1ccc(CNC(=O)Cc2coc3cc(OC)ccc23)s1.